The van der Waals surface area contributed by atoms with Gasteiger partial charge in [-0.3, -0.25) is 4.79 Å². The first-order valence-corrected chi connectivity index (χ1v) is 6.87. The van der Waals surface area contributed by atoms with E-state index < -0.39 is 5.95 Å². The second-order valence-electron chi connectivity index (χ2n) is 5.01. The number of carbonyl (C=O) groups is 1. The van der Waals surface area contributed by atoms with Crippen molar-refractivity contribution in [1.29, 1.82) is 0 Å². The van der Waals surface area contributed by atoms with Crippen molar-refractivity contribution < 1.29 is 13.9 Å². The smallest absolute Gasteiger partial charge is 0.213 e. The number of halogens is 1. The van der Waals surface area contributed by atoms with E-state index in [1.54, 1.807) is 19.2 Å². The zero-order valence-corrected chi connectivity index (χ0v) is 12.0. The highest BCUT2D eigenvalue weighted by atomic mass is 19.1. The fourth-order valence-electron chi connectivity index (χ4n) is 2.36. The molecular weight excluding hydrogens is 281 g/mol. The molecule has 0 saturated carbocycles. The molecule has 0 unspecified atom stereocenters. The highest BCUT2D eigenvalue weighted by Gasteiger charge is 2.09. The van der Waals surface area contributed by atoms with Crippen LogP contribution in [0.5, 0.6) is 5.75 Å². The molecule has 3 aromatic rings. The first-order chi connectivity index (χ1) is 10.7. The lowest BCUT2D eigenvalue weighted by molar-refractivity contribution is 0.0993. The van der Waals surface area contributed by atoms with Crippen molar-refractivity contribution in [3.8, 4) is 5.75 Å². The second-order valence-corrected chi connectivity index (χ2v) is 5.01. The molecule has 0 aliphatic heterocycles. The Morgan fingerprint density at radius 1 is 1.09 bits per heavy atom. The van der Waals surface area contributed by atoms with E-state index in [-0.39, 0.29) is 12.2 Å². The summed E-state index contributed by atoms with van der Waals surface area (Å²) in [7, 11) is 1.62. The first-order valence-electron chi connectivity index (χ1n) is 6.87. The summed E-state index contributed by atoms with van der Waals surface area (Å²) in [5.74, 6) is 0.151. The fraction of sp³-hybridized carbons (Fsp3) is 0.111. The number of carbonyl (C=O) groups excluding carboxylic acids is 1. The molecule has 22 heavy (non-hydrogen) atoms. The van der Waals surface area contributed by atoms with Gasteiger partial charge in [0, 0.05) is 18.2 Å². The van der Waals surface area contributed by atoms with Crippen LogP contribution in [0.25, 0.3) is 10.8 Å². The normalized spacial score (nSPS) is 10.6. The van der Waals surface area contributed by atoms with Gasteiger partial charge in [0.2, 0.25) is 5.95 Å². The molecule has 0 radical (unpaired) electrons. The molecule has 4 heteroatoms. The van der Waals surface area contributed by atoms with Crippen molar-refractivity contribution in [2.24, 2.45) is 0 Å². The average Bonchev–Trinajstić information content (AvgIpc) is 2.53. The van der Waals surface area contributed by atoms with E-state index in [1.807, 2.05) is 30.3 Å². The minimum absolute atomic E-state index is 0.0525. The van der Waals surface area contributed by atoms with Crippen molar-refractivity contribution in [1.82, 2.24) is 4.98 Å². The molecule has 0 atom stereocenters. The SMILES string of the molecule is COc1ccc2cc(C(=O)Cc3ccnc(F)c3)ccc2c1. The van der Waals surface area contributed by atoms with E-state index in [0.29, 0.717) is 11.1 Å². The van der Waals surface area contributed by atoms with Gasteiger partial charge in [0.15, 0.2) is 5.78 Å². The minimum atomic E-state index is -0.573. The summed E-state index contributed by atoms with van der Waals surface area (Å²) >= 11 is 0. The van der Waals surface area contributed by atoms with Gasteiger partial charge in [0.1, 0.15) is 5.75 Å². The molecule has 1 aromatic heterocycles. The third-order valence-electron chi connectivity index (χ3n) is 3.53. The Kier molecular flexibility index (Phi) is 3.83. The molecule has 0 bridgehead atoms. The predicted molar refractivity (Wildman–Crippen MR) is 82.7 cm³/mol. The van der Waals surface area contributed by atoms with E-state index in [9.17, 15) is 9.18 Å². The van der Waals surface area contributed by atoms with Gasteiger partial charge >= 0.3 is 0 Å². The van der Waals surface area contributed by atoms with Crippen LogP contribution >= 0.6 is 0 Å². The second kappa shape index (κ2) is 5.93. The Morgan fingerprint density at radius 2 is 1.86 bits per heavy atom. The number of hydrogen-bond donors (Lipinski definition) is 0. The van der Waals surface area contributed by atoms with Crippen molar-refractivity contribution in [3.05, 3.63) is 71.8 Å². The van der Waals surface area contributed by atoms with Crippen LogP contribution in [-0.2, 0) is 6.42 Å². The van der Waals surface area contributed by atoms with Crippen LogP contribution in [0, 0.1) is 5.95 Å². The van der Waals surface area contributed by atoms with E-state index in [0.717, 1.165) is 16.5 Å². The van der Waals surface area contributed by atoms with E-state index in [1.165, 1.54) is 12.3 Å². The molecule has 0 spiro atoms. The topological polar surface area (TPSA) is 39.2 Å². The van der Waals surface area contributed by atoms with Crippen molar-refractivity contribution in [2.75, 3.05) is 7.11 Å². The number of benzene rings is 2. The minimum Gasteiger partial charge on any atom is -0.497 e. The number of Topliss-reactive ketones (excluding diaryl/α,β-unsaturated/α-hetero) is 1. The maximum absolute atomic E-state index is 13.1. The van der Waals surface area contributed by atoms with Gasteiger partial charge in [0.05, 0.1) is 7.11 Å². The molecule has 110 valence electrons. The van der Waals surface area contributed by atoms with Gasteiger partial charge < -0.3 is 4.74 Å². The lowest BCUT2D eigenvalue weighted by Crippen LogP contribution is -2.04. The monoisotopic (exact) mass is 295 g/mol. The number of ketones is 1. The van der Waals surface area contributed by atoms with Gasteiger partial charge in [-0.05, 0) is 46.7 Å². The Balaban J connectivity index is 1.87. The number of hydrogen-bond acceptors (Lipinski definition) is 3. The summed E-state index contributed by atoms with van der Waals surface area (Å²) < 4.78 is 18.2. The third kappa shape index (κ3) is 2.96. The molecule has 3 nitrogen and oxygen atoms in total. The van der Waals surface area contributed by atoms with Gasteiger partial charge in [-0.1, -0.05) is 18.2 Å². The van der Waals surface area contributed by atoms with E-state index >= 15 is 0 Å². The van der Waals surface area contributed by atoms with Crippen molar-refractivity contribution in [2.45, 2.75) is 6.42 Å². The quantitative estimate of drug-likeness (QED) is 0.543. The average molecular weight is 295 g/mol. The lowest BCUT2D eigenvalue weighted by atomic mass is 10.0. The number of ether oxygens (including phenoxy) is 1. The largest absolute Gasteiger partial charge is 0.497 e. The Labute approximate surface area is 127 Å². The molecule has 0 N–H and O–H groups in total. The van der Waals surface area contributed by atoms with Crippen molar-refractivity contribution >= 4 is 16.6 Å². The van der Waals surface area contributed by atoms with Crippen LogP contribution < -0.4 is 4.74 Å². The van der Waals surface area contributed by atoms with E-state index in [2.05, 4.69) is 4.98 Å². The summed E-state index contributed by atoms with van der Waals surface area (Å²) in [5, 5.41) is 1.97. The fourth-order valence-corrected chi connectivity index (χ4v) is 2.36. The number of methoxy groups -OCH3 is 1. The number of pyridine rings is 1. The van der Waals surface area contributed by atoms with Crippen LogP contribution in [0.3, 0.4) is 0 Å². The molecule has 0 aliphatic rings. The molecule has 0 saturated heterocycles. The summed E-state index contributed by atoms with van der Waals surface area (Å²) in [5.41, 5.74) is 1.22. The zero-order chi connectivity index (χ0) is 15.5. The van der Waals surface area contributed by atoms with Crippen LogP contribution in [-0.4, -0.2) is 17.9 Å². The molecule has 3 rings (SSSR count). The first kappa shape index (κ1) is 14.2. The van der Waals surface area contributed by atoms with Gasteiger partial charge in [-0.25, -0.2) is 4.98 Å². The number of nitrogens with zero attached hydrogens (tertiary/aromatic N) is 1. The summed E-state index contributed by atoms with van der Waals surface area (Å²) in [4.78, 5) is 15.8. The Bertz CT molecular complexity index is 845. The summed E-state index contributed by atoms with van der Waals surface area (Å²) in [6.45, 7) is 0. The Hall–Kier alpha value is -2.75. The number of rotatable bonds is 4. The van der Waals surface area contributed by atoms with Crippen molar-refractivity contribution in [3.63, 3.8) is 0 Å². The molecular formula is C18H14FNO2. The van der Waals surface area contributed by atoms with Gasteiger partial charge in [-0.2, -0.15) is 4.39 Å². The van der Waals surface area contributed by atoms with Crippen LogP contribution in [0.1, 0.15) is 15.9 Å². The third-order valence-corrected chi connectivity index (χ3v) is 3.53. The standard InChI is InChI=1S/C18H14FNO2/c1-22-16-5-4-13-10-15(3-2-14(13)11-16)17(21)8-12-6-7-20-18(19)9-12/h2-7,9-11H,8H2,1H3. The maximum Gasteiger partial charge on any atom is 0.213 e. The van der Waals surface area contributed by atoms with Crippen LogP contribution in [0.4, 0.5) is 4.39 Å². The molecule has 0 aliphatic carbocycles. The summed E-state index contributed by atoms with van der Waals surface area (Å²) in [6, 6.07) is 14.1. The zero-order valence-electron chi connectivity index (χ0n) is 12.0. The van der Waals surface area contributed by atoms with Gasteiger partial charge in [-0.15, -0.1) is 0 Å². The highest BCUT2D eigenvalue weighted by molar-refractivity contribution is 6.01. The molecule has 0 amide bonds. The van der Waals surface area contributed by atoms with Crippen LogP contribution in [0.2, 0.25) is 0 Å². The molecule has 0 fully saturated rings. The van der Waals surface area contributed by atoms with E-state index in [4.69, 9.17) is 4.74 Å². The molecule has 2 aromatic carbocycles. The van der Waals surface area contributed by atoms with Crippen LogP contribution in [0.15, 0.2) is 54.7 Å². The number of fused-ring (bicyclic) bond motifs is 1. The molecule has 1 heterocycles. The highest BCUT2D eigenvalue weighted by Crippen LogP contribution is 2.22. The Morgan fingerprint density at radius 3 is 2.64 bits per heavy atom. The lowest BCUT2D eigenvalue weighted by Gasteiger charge is -2.05. The summed E-state index contributed by atoms with van der Waals surface area (Å²) in [6.07, 6.45) is 1.52. The predicted octanol–water partition coefficient (Wildman–Crippen LogP) is 3.81. The maximum atomic E-state index is 13.1. The van der Waals surface area contributed by atoms with Gasteiger partial charge in [0.25, 0.3) is 0 Å². The number of aromatic nitrogens is 1.